The van der Waals surface area contributed by atoms with Crippen molar-refractivity contribution in [3.63, 3.8) is 0 Å². The maximum atomic E-state index is 2.37. The van der Waals surface area contributed by atoms with Crippen LogP contribution in [0, 0.1) is 11.8 Å². The Balaban J connectivity index is 0.000000324. The van der Waals surface area contributed by atoms with E-state index in [4.69, 9.17) is 0 Å². The number of rotatable bonds is 4. The fourth-order valence-electron chi connectivity index (χ4n) is 2.17. The van der Waals surface area contributed by atoms with Gasteiger partial charge in [-0.1, -0.05) is 74.8 Å². The van der Waals surface area contributed by atoms with Crippen molar-refractivity contribution < 1.29 is 25.8 Å². The molecule has 0 aliphatic heterocycles. The van der Waals surface area contributed by atoms with Crippen LogP contribution >= 0.6 is 0 Å². The summed E-state index contributed by atoms with van der Waals surface area (Å²) in [6.45, 7) is 9.46. The first-order valence-corrected chi connectivity index (χ1v) is 12.3. The number of hydrogen-bond acceptors (Lipinski definition) is 0. The number of allylic oxidation sites excluding steroid dienone is 8. The van der Waals surface area contributed by atoms with Gasteiger partial charge in [-0.2, -0.15) is 0 Å². The zero-order valence-electron chi connectivity index (χ0n) is 12.7. The summed E-state index contributed by atoms with van der Waals surface area (Å²) >= 11 is 0. The van der Waals surface area contributed by atoms with Crippen molar-refractivity contribution in [1.29, 1.82) is 0 Å². The molecular formula is C16H26HfSi2. The first-order valence-electron chi connectivity index (χ1n) is 6.86. The van der Waals surface area contributed by atoms with E-state index in [9.17, 15) is 0 Å². The van der Waals surface area contributed by atoms with Crippen molar-refractivity contribution in [1.82, 2.24) is 0 Å². The Morgan fingerprint density at radius 3 is 1.11 bits per heavy atom. The van der Waals surface area contributed by atoms with Crippen molar-refractivity contribution in [2.24, 2.45) is 11.8 Å². The second-order valence-electron chi connectivity index (χ2n) is 5.69. The van der Waals surface area contributed by atoms with Gasteiger partial charge in [0, 0.05) is 43.4 Å². The van der Waals surface area contributed by atoms with Crippen LogP contribution in [0.15, 0.2) is 48.6 Å². The van der Waals surface area contributed by atoms with Crippen LogP contribution in [0.3, 0.4) is 0 Å². The summed E-state index contributed by atoms with van der Waals surface area (Å²) in [4.78, 5) is 0. The molecule has 2 radical (unpaired) electrons. The third-order valence-electron chi connectivity index (χ3n) is 2.94. The molecule has 0 bridgehead atoms. The summed E-state index contributed by atoms with van der Waals surface area (Å²) in [5.41, 5.74) is 0. The molecule has 0 nitrogen and oxygen atoms in total. The van der Waals surface area contributed by atoms with E-state index < -0.39 is 0 Å². The van der Waals surface area contributed by atoms with Crippen LogP contribution in [0.25, 0.3) is 0 Å². The first-order chi connectivity index (χ1) is 8.58. The zero-order chi connectivity index (χ0) is 13.4. The van der Waals surface area contributed by atoms with Crippen molar-refractivity contribution in [3.8, 4) is 0 Å². The van der Waals surface area contributed by atoms with Gasteiger partial charge in [0.1, 0.15) is 0 Å². The topological polar surface area (TPSA) is 0 Å². The Bertz CT molecular complexity index is 283. The molecule has 0 N–H and O–H groups in total. The second kappa shape index (κ2) is 11.0. The molecule has 0 aromatic heterocycles. The van der Waals surface area contributed by atoms with E-state index >= 15 is 0 Å². The van der Waals surface area contributed by atoms with Crippen LogP contribution in [0.4, 0.5) is 0 Å². The van der Waals surface area contributed by atoms with Gasteiger partial charge in [-0.3, -0.25) is 0 Å². The van der Waals surface area contributed by atoms with E-state index in [0.29, 0.717) is 0 Å². The maximum Gasteiger partial charge on any atom is 0.0422 e. The molecule has 0 amide bonds. The van der Waals surface area contributed by atoms with E-state index in [0.717, 1.165) is 11.8 Å². The quantitative estimate of drug-likeness (QED) is 0.528. The monoisotopic (exact) mass is 454 g/mol. The minimum atomic E-state index is -0.0201. The predicted molar refractivity (Wildman–Crippen MR) is 88.1 cm³/mol. The van der Waals surface area contributed by atoms with Crippen LogP contribution < -0.4 is 0 Å². The fourth-order valence-corrected chi connectivity index (χ4v) is 4.60. The van der Waals surface area contributed by atoms with Crippen LogP contribution in [0.5, 0.6) is 0 Å². The fraction of sp³-hybridized carbons (Fsp3) is 0.500. The molecule has 0 atom stereocenters. The van der Waals surface area contributed by atoms with Crippen molar-refractivity contribution in [3.05, 3.63) is 48.6 Å². The first kappa shape index (κ1) is 19.3. The average molecular weight is 453 g/mol. The van der Waals surface area contributed by atoms with Crippen molar-refractivity contribution in [2.45, 2.75) is 38.3 Å². The molecule has 19 heavy (non-hydrogen) atoms. The standard InChI is InChI=1S/2C8H13Si.Hf/c2*1-9(2)7-8-5-3-4-6-8;/h2*3-6,8H,7H2,1-2H3;. The summed E-state index contributed by atoms with van der Waals surface area (Å²) in [6, 6.07) is 2.80. The van der Waals surface area contributed by atoms with Crippen molar-refractivity contribution in [2.75, 3.05) is 0 Å². The Hall–Kier alpha value is 0.264. The van der Waals surface area contributed by atoms with Gasteiger partial charge in [-0.05, 0) is 23.9 Å². The van der Waals surface area contributed by atoms with Gasteiger partial charge in [0.15, 0.2) is 0 Å². The molecule has 102 valence electrons. The van der Waals surface area contributed by atoms with Gasteiger partial charge < -0.3 is 0 Å². The van der Waals surface area contributed by atoms with Gasteiger partial charge in [-0.15, -0.1) is 0 Å². The molecule has 0 heterocycles. The largest absolute Gasteiger partial charge is 0.0779 e. The van der Waals surface area contributed by atoms with Gasteiger partial charge in [0.25, 0.3) is 0 Å². The molecule has 0 aromatic carbocycles. The zero-order valence-corrected chi connectivity index (χ0v) is 18.3. The molecule has 0 saturated heterocycles. The Morgan fingerprint density at radius 2 is 0.895 bits per heavy atom. The second-order valence-corrected chi connectivity index (χ2v) is 11.3. The molecule has 3 heteroatoms. The van der Waals surface area contributed by atoms with E-state index in [1.54, 1.807) is 0 Å². The van der Waals surface area contributed by atoms with Crippen LogP contribution in [-0.4, -0.2) is 17.6 Å². The van der Waals surface area contributed by atoms with Crippen LogP contribution in [0.2, 0.25) is 38.3 Å². The molecule has 0 saturated carbocycles. The number of hydrogen-bond donors (Lipinski definition) is 0. The summed E-state index contributed by atoms with van der Waals surface area (Å²) in [5, 5.41) is 0. The van der Waals surface area contributed by atoms with E-state index in [1.807, 2.05) is 0 Å². The smallest absolute Gasteiger partial charge is 0.0422 e. The van der Waals surface area contributed by atoms with E-state index in [1.165, 1.54) is 12.1 Å². The molecule has 2 rings (SSSR count). The molecule has 0 unspecified atom stereocenters. The van der Waals surface area contributed by atoms with Gasteiger partial charge in [-0.25, -0.2) is 0 Å². The Kier molecular flexibility index (Phi) is 11.1. The SMILES string of the molecule is C[Si](C)CC1C=CC=C1.C[Si](C)CC1C=CC=C1.[Hf]. The summed E-state index contributed by atoms with van der Waals surface area (Å²) in [5.74, 6) is 1.54. The Morgan fingerprint density at radius 1 is 0.632 bits per heavy atom. The van der Waals surface area contributed by atoms with Gasteiger partial charge in [0.05, 0.1) is 0 Å². The third kappa shape index (κ3) is 9.75. The summed E-state index contributed by atoms with van der Waals surface area (Å²) in [7, 11) is -0.0402. The molecule has 0 fully saturated rings. The normalized spacial score (nSPS) is 17.2. The summed E-state index contributed by atoms with van der Waals surface area (Å²) in [6.07, 6.45) is 17.8. The van der Waals surface area contributed by atoms with Gasteiger partial charge in [0.2, 0.25) is 0 Å². The minimum Gasteiger partial charge on any atom is -0.0779 e. The van der Waals surface area contributed by atoms with Crippen LogP contribution in [-0.2, 0) is 25.8 Å². The summed E-state index contributed by atoms with van der Waals surface area (Å²) < 4.78 is 0. The molecule has 0 aromatic rings. The van der Waals surface area contributed by atoms with E-state index in [-0.39, 0.29) is 43.4 Å². The molecular weight excluding hydrogens is 427 g/mol. The average Bonchev–Trinajstić information content (AvgIpc) is 2.90. The maximum absolute atomic E-state index is 2.37. The van der Waals surface area contributed by atoms with Crippen molar-refractivity contribution >= 4 is 17.6 Å². The Labute approximate surface area is 141 Å². The van der Waals surface area contributed by atoms with Gasteiger partial charge >= 0.3 is 0 Å². The molecule has 0 spiro atoms. The van der Waals surface area contributed by atoms with Crippen LogP contribution in [0.1, 0.15) is 0 Å². The predicted octanol–water partition coefficient (Wildman–Crippen LogP) is 4.96. The molecule has 2 aliphatic rings. The third-order valence-corrected chi connectivity index (χ3v) is 5.52. The minimum absolute atomic E-state index is 0. The molecule has 2 aliphatic carbocycles. The van der Waals surface area contributed by atoms with E-state index in [2.05, 4.69) is 74.8 Å².